The highest BCUT2D eigenvalue weighted by atomic mass is 19.1. The maximum atomic E-state index is 13.5. The van der Waals surface area contributed by atoms with Crippen LogP contribution in [0.1, 0.15) is 48.5 Å². The van der Waals surface area contributed by atoms with Gasteiger partial charge in [0.1, 0.15) is 5.82 Å². The number of carbonyl (C=O) groups is 1. The van der Waals surface area contributed by atoms with Crippen molar-refractivity contribution < 1.29 is 14.3 Å². The van der Waals surface area contributed by atoms with E-state index in [9.17, 15) is 9.18 Å². The Morgan fingerprint density at radius 2 is 2.16 bits per heavy atom. The first-order chi connectivity index (χ1) is 9.08. The third kappa shape index (κ3) is 3.53. The summed E-state index contributed by atoms with van der Waals surface area (Å²) in [6.45, 7) is 2.74. The van der Waals surface area contributed by atoms with Crippen molar-refractivity contribution in [3.05, 3.63) is 35.1 Å². The molecule has 1 aromatic carbocycles. The predicted molar refractivity (Wildman–Crippen MR) is 71.6 cm³/mol. The van der Waals surface area contributed by atoms with Gasteiger partial charge in [0.15, 0.2) is 0 Å². The zero-order valence-electron chi connectivity index (χ0n) is 11.2. The zero-order valence-corrected chi connectivity index (χ0v) is 11.2. The average molecular weight is 265 g/mol. The molecule has 2 N–H and O–H groups in total. The van der Waals surface area contributed by atoms with E-state index < -0.39 is 11.8 Å². The van der Waals surface area contributed by atoms with Gasteiger partial charge in [-0.3, -0.25) is 0 Å². The van der Waals surface area contributed by atoms with E-state index in [4.69, 9.17) is 5.11 Å². The summed E-state index contributed by atoms with van der Waals surface area (Å²) in [4.78, 5) is 10.7. The number of nitrogens with one attached hydrogen (secondary N) is 1. The number of aromatic carboxylic acids is 1. The SMILES string of the molecule is C[C@H](NCc1ccc(C(=O)O)c(F)c1)C1CCCC1. The summed E-state index contributed by atoms with van der Waals surface area (Å²) in [5.74, 6) is -1.18. The Bertz CT molecular complexity index is 455. The first-order valence-electron chi connectivity index (χ1n) is 6.83. The van der Waals surface area contributed by atoms with Gasteiger partial charge in [-0.2, -0.15) is 0 Å². The van der Waals surface area contributed by atoms with Crippen molar-refractivity contribution in [2.45, 2.75) is 45.2 Å². The molecular formula is C15H20FNO2. The molecule has 1 atom stereocenters. The Morgan fingerprint density at radius 3 is 2.74 bits per heavy atom. The van der Waals surface area contributed by atoms with E-state index in [0.717, 1.165) is 5.56 Å². The third-order valence-corrected chi connectivity index (χ3v) is 4.00. The van der Waals surface area contributed by atoms with Gasteiger partial charge in [-0.05, 0) is 43.4 Å². The average Bonchev–Trinajstić information content (AvgIpc) is 2.89. The van der Waals surface area contributed by atoms with Crippen LogP contribution in [0.25, 0.3) is 0 Å². The van der Waals surface area contributed by atoms with Crippen molar-refractivity contribution in [3.8, 4) is 0 Å². The minimum atomic E-state index is -1.23. The largest absolute Gasteiger partial charge is 0.478 e. The van der Waals surface area contributed by atoms with Crippen LogP contribution in [0.15, 0.2) is 18.2 Å². The Hall–Kier alpha value is -1.42. The number of hydrogen-bond acceptors (Lipinski definition) is 2. The summed E-state index contributed by atoms with van der Waals surface area (Å²) in [5.41, 5.74) is 0.514. The van der Waals surface area contributed by atoms with E-state index in [2.05, 4.69) is 12.2 Å². The number of benzene rings is 1. The molecule has 1 aliphatic carbocycles. The second-order valence-corrected chi connectivity index (χ2v) is 5.33. The summed E-state index contributed by atoms with van der Waals surface area (Å²) in [6, 6.07) is 4.72. The minimum Gasteiger partial charge on any atom is -0.478 e. The van der Waals surface area contributed by atoms with Crippen LogP contribution in [-0.2, 0) is 6.54 Å². The first kappa shape index (κ1) is 14.0. The normalized spacial score (nSPS) is 17.6. The molecule has 4 heteroatoms. The van der Waals surface area contributed by atoms with Crippen molar-refractivity contribution in [1.29, 1.82) is 0 Å². The van der Waals surface area contributed by atoms with Crippen LogP contribution < -0.4 is 5.32 Å². The lowest BCUT2D eigenvalue weighted by atomic mass is 9.99. The van der Waals surface area contributed by atoms with E-state index in [0.29, 0.717) is 18.5 Å². The van der Waals surface area contributed by atoms with E-state index in [1.54, 1.807) is 6.07 Å². The number of hydrogen-bond donors (Lipinski definition) is 2. The summed E-state index contributed by atoms with van der Waals surface area (Å²) < 4.78 is 13.5. The summed E-state index contributed by atoms with van der Waals surface area (Å²) >= 11 is 0. The van der Waals surface area contributed by atoms with Crippen LogP contribution in [-0.4, -0.2) is 17.1 Å². The maximum absolute atomic E-state index is 13.5. The lowest BCUT2D eigenvalue weighted by molar-refractivity contribution is 0.0692. The predicted octanol–water partition coefficient (Wildman–Crippen LogP) is 3.19. The van der Waals surface area contributed by atoms with Gasteiger partial charge in [0.05, 0.1) is 5.56 Å². The molecule has 0 aliphatic heterocycles. The Balaban J connectivity index is 1.92. The molecule has 19 heavy (non-hydrogen) atoms. The molecule has 3 nitrogen and oxygen atoms in total. The standard InChI is InChI=1S/C15H20FNO2/c1-10(12-4-2-3-5-12)17-9-11-6-7-13(15(18)19)14(16)8-11/h6-8,10,12,17H,2-5,9H2,1H3,(H,18,19)/t10-/m0/s1. The zero-order chi connectivity index (χ0) is 13.8. The smallest absolute Gasteiger partial charge is 0.338 e. The Morgan fingerprint density at radius 1 is 1.47 bits per heavy atom. The van der Waals surface area contributed by atoms with Crippen LogP contribution in [0.4, 0.5) is 4.39 Å². The van der Waals surface area contributed by atoms with Gasteiger partial charge in [-0.1, -0.05) is 18.9 Å². The second kappa shape index (κ2) is 6.15. The quantitative estimate of drug-likeness (QED) is 0.859. The van der Waals surface area contributed by atoms with Crippen molar-refractivity contribution >= 4 is 5.97 Å². The number of carboxylic acids is 1. The van der Waals surface area contributed by atoms with Crippen LogP contribution >= 0.6 is 0 Å². The van der Waals surface area contributed by atoms with E-state index in [-0.39, 0.29) is 5.56 Å². The monoisotopic (exact) mass is 265 g/mol. The van der Waals surface area contributed by atoms with Crippen LogP contribution in [0.5, 0.6) is 0 Å². The van der Waals surface area contributed by atoms with Crippen LogP contribution in [0.2, 0.25) is 0 Å². The topological polar surface area (TPSA) is 49.3 Å². The maximum Gasteiger partial charge on any atom is 0.338 e. The molecule has 2 rings (SSSR count). The molecule has 0 bridgehead atoms. The molecule has 0 spiro atoms. The van der Waals surface area contributed by atoms with Gasteiger partial charge in [0.2, 0.25) is 0 Å². The molecular weight excluding hydrogens is 245 g/mol. The Kier molecular flexibility index (Phi) is 4.53. The van der Waals surface area contributed by atoms with Gasteiger partial charge >= 0.3 is 5.97 Å². The fourth-order valence-electron chi connectivity index (χ4n) is 2.74. The molecule has 1 aliphatic rings. The number of rotatable bonds is 5. The summed E-state index contributed by atoms with van der Waals surface area (Å²) in [5, 5.41) is 12.2. The fourth-order valence-corrected chi connectivity index (χ4v) is 2.74. The molecule has 0 aromatic heterocycles. The molecule has 104 valence electrons. The molecule has 0 unspecified atom stereocenters. The van der Waals surface area contributed by atoms with Gasteiger partial charge in [0.25, 0.3) is 0 Å². The van der Waals surface area contributed by atoms with Crippen molar-refractivity contribution in [2.24, 2.45) is 5.92 Å². The molecule has 0 saturated heterocycles. The van der Waals surface area contributed by atoms with Crippen molar-refractivity contribution in [2.75, 3.05) is 0 Å². The molecule has 1 fully saturated rings. The number of carboxylic acid groups (broad SMARTS) is 1. The first-order valence-corrected chi connectivity index (χ1v) is 6.83. The van der Waals surface area contributed by atoms with E-state index >= 15 is 0 Å². The molecule has 0 heterocycles. The minimum absolute atomic E-state index is 0.271. The molecule has 0 radical (unpaired) electrons. The second-order valence-electron chi connectivity index (χ2n) is 5.33. The highest BCUT2D eigenvalue weighted by Gasteiger charge is 2.21. The summed E-state index contributed by atoms with van der Waals surface area (Å²) in [7, 11) is 0. The summed E-state index contributed by atoms with van der Waals surface area (Å²) in [6.07, 6.45) is 5.14. The van der Waals surface area contributed by atoms with E-state index in [1.165, 1.54) is 37.8 Å². The van der Waals surface area contributed by atoms with Gasteiger partial charge < -0.3 is 10.4 Å². The fraction of sp³-hybridized carbons (Fsp3) is 0.533. The van der Waals surface area contributed by atoms with Crippen molar-refractivity contribution in [1.82, 2.24) is 5.32 Å². The van der Waals surface area contributed by atoms with Gasteiger partial charge in [-0.25, -0.2) is 9.18 Å². The lowest BCUT2D eigenvalue weighted by Crippen LogP contribution is -2.31. The number of halogens is 1. The lowest BCUT2D eigenvalue weighted by Gasteiger charge is -2.20. The molecule has 0 amide bonds. The molecule has 1 saturated carbocycles. The van der Waals surface area contributed by atoms with Gasteiger partial charge in [0, 0.05) is 12.6 Å². The highest BCUT2D eigenvalue weighted by molar-refractivity contribution is 5.87. The molecule has 1 aromatic rings. The van der Waals surface area contributed by atoms with Gasteiger partial charge in [-0.15, -0.1) is 0 Å². The van der Waals surface area contributed by atoms with Crippen LogP contribution in [0.3, 0.4) is 0 Å². The third-order valence-electron chi connectivity index (χ3n) is 4.00. The Labute approximate surface area is 112 Å². The van der Waals surface area contributed by atoms with E-state index in [1.807, 2.05) is 0 Å². The highest BCUT2D eigenvalue weighted by Crippen LogP contribution is 2.27. The van der Waals surface area contributed by atoms with Crippen LogP contribution in [0, 0.1) is 11.7 Å². The van der Waals surface area contributed by atoms with Crippen molar-refractivity contribution in [3.63, 3.8) is 0 Å².